The normalized spacial score (nSPS) is 11.5. The number of rotatable bonds is 3. The number of nitrogens with one attached hydrogen (secondary N) is 1. The highest BCUT2D eigenvalue weighted by molar-refractivity contribution is 7.22. The van der Waals surface area contributed by atoms with E-state index in [2.05, 4.69) is 14.5 Å². The van der Waals surface area contributed by atoms with Gasteiger partial charge in [0.2, 0.25) is 0 Å². The Hall–Kier alpha value is -3.16. The first-order valence-electron chi connectivity index (χ1n) is 9.39. The van der Waals surface area contributed by atoms with Crippen LogP contribution in [0.1, 0.15) is 0 Å². The molecule has 0 saturated heterocycles. The second-order valence-electron chi connectivity index (χ2n) is 7.36. The van der Waals surface area contributed by atoms with Gasteiger partial charge in [0.25, 0.3) is 5.56 Å². The molecule has 2 aromatic carbocycles. The summed E-state index contributed by atoms with van der Waals surface area (Å²) in [5.74, 6) is 0.980. The van der Waals surface area contributed by atoms with E-state index >= 15 is 0 Å². The van der Waals surface area contributed by atoms with Crippen LogP contribution in [-0.4, -0.2) is 28.6 Å². The first-order valence-corrected chi connectivity index (χ1v) is 10.6. The number of benzene rings is 2. The second-order valence-corrected chi connectivity index (χ2v) is 8.84. The Morgan fingerprint density at radius 1 is 1.13 bits per heavy atom. The maximum absolute atomic E-state index is 13.3. The van der Waals surface area contributed by atoms with Gasteiger partial charge in [-0.05, 0) is 35.9 Å². The molecule has 0 unspecified atom stereocenters. The third-order valence-corrected chi connectivity index (χ3v) is 6.59. The molecule has 0 spiro atoms. The molecule has 3 heterocycles. The summed E-state index contributed by atoms with van der Waals surface area (Å²) in [5, 5.41) is 0.686. The predicted octanol–water partition coefficient (Wildman–Crippen LogP) is 4.14. The highest BCUT2D eigenvalue weighted by atomic mass is 35.5. The Kier molecular flexibility index (Phi) is 4.38. The van der Waals surface area contributed by atoms with Crippen molar-refractivity contribution in [2.75, 3.05) is 19.0 Å². The van der Waals surface area contributed by atoms with E-state index in [1.165, 1.54) is 11.3 Å². The van der Waals surface area contributed by atoms with Crippen LogP contribution in [-0.2, 0) is 7.05 Å². The molecule has 0 bridgehead atoms. The van der Waals surface area contributed by atoms with Crippen molar-refractivity contribution >= 4 is 50.1 Å². The zero-order valence-electron chi connectivity index (χ0n) is 16.7. The fourth-order valence-corrected chi connectivity index (χ4v) is 4.81. The second kappa shape index (κ2) is 6.97. The van der Waals surface area contributed by atoms with Crippen molar-refractivity contribution in [3.8, 4) is 16.1 Å². The van der Waals surface area contributed by atoms with E-state index in [-0.39, 0.29) is 5.56 Å². The van der Waals surface area contributed by atoms with Gasteiger partial charge in [-0.25, -0.2) is 14.5 Å². The van der Waals surface area contributed by atoms with Crippen LogP contribution in [0.5, 0.6) is 0 Å². The van der Waals surface area contributed by atoms with E-state index in [0.717, 1.165) is 33.1 Å². The molecule has 3 aromatic heterocycles. The highest BCUT2D eigenvalue weighted by Crippen LogP contribution is 2.31. The van der Waals surface area contributed by atoms with Gasteiger partial charge in [-0.15, -0.1) is 11.3 Å². The van der Waals surface area contributed by atoms with Crippen molar-refractivity contribution in [2.24, 2.45) is 7.05 Å². The summed E-state index contributed by atoms with van der Waals surface area (Å²) in [7, 11) is 5.98. The number of hydrogen-bond acceptors (Lipinski definition) is 4. The van der Waals surface area contributed by atoms with E-state index in [1.807, 2.05) is 74.6 Å². The Labute approximate surface area is 181 Å². The fraction of sp³-hybridized carbons (Fsp3) is 0.136. The number of hydrogen-bond donors (Lipinski definition) is 1. The number of H-pyrrole nitrogens is 1. The number of nitrogens with zero attached hydrogens (tertiary/aromatic N) is 4. The Balaban J connectivity index is 1.64. The quantitative estimate of drug-likeness (QED) is 0.432. The minimum absolute atomic E-state index is 0.0735. The van der Waals surface area contributed by atoms with Gasteiger partial charge in [0.15, 0.2) is 0 Å². The molecule has 5 rings (SSSR count). The highest BCUT2D eigenvalue weighted by Gasteiger charge is 2.18. The maximum atomic E-state index is 13.3. The van der Waals surface area contributed by atoms with Gasteiger partial charge in [-0.2, -0.15) is 0 Å². The molecular formula is C22H19ClN5OS+. The topological polar surface area (TPSA) is 57.8 Å². The van der Waals surface area contributed by atoms with Crippen molar-refractivity contribution in [2.45, 2.75) is 0 Å². The standard InChI is InChI=1S/C22H18ClN5OS/c1-26(2)22-25-16-9-8-15(10-18(16)27(22)3)28-12-24-17-11-19(30-20(17)21(28)29)13-4-6-14(23)7-5-13/h4-12H,1-3H3/p+1. The fourth-order valence-electron chi connectivity index (χ4n) is 3.64. The molecule has 0 fully saturated rings. The smallest absolute Gasteiger partial charge is 0.270 e. The molecule has 0 aliphatic heterocycles. The summed E-state index contributed by atoms with van der Waals surface area (Å²) in [5.41, 5.74) is 4.45. The number of fused-ring (bicyclic) bond motifs is 2. The average Bonchev–Trinajstić information content (AvgIpc) is 3.31. The summed E-state index contributed by atoms with van der Waals surface area (Å²) in [6, 6.07) is 15.5. The Morgan fingerprint density at radius 2 is 1.90 bits per heavy atom. The van der Waals surface area contributed by atoms with Gasteiger partial charge in [0.1, 0.15) is 22.1 Å². The number of halogens is 1. The number of aromatic amines is 1. The van der Waals surface area contributed by atoms with Gasteiger partial charge in [-0.3, -0.25) is 14.3 Å². The van der Waals surface area contributed by atoms with Crippen molar-refractivity contribution < 1.29 is 4.57 Å². The van der Waals surface area contributed by atoms with Crippen LogP contribution < -0.4 is 15.0 Å². The molecular weight excluding hydrogens is 418 g/mol. The predicted molar refractivity (Wildman–Crippen MR) is 123 cm³/mol. The zero-order valence-corrected chi connectivity index (χ0v) is 18.3. The van der Waals surface area contributed by atoms with Crippen molar-refractivity contribution in [1.82, 2.24) is 14.5 Å². The third-order valence-electron chi connectivity index (χ3n) is 5.18. The van der Waals surface area contributed by atoms with Crippen molar-refractivity contribution in [3.63, 3.8) is 0 Å². The molecule has 0 aliphatic carbocycles. The van der Waals surface area contributed by atoms with Crippen LogP contribution in [0.15, 0.2) is 59.7 Å². The Morgan fingerprint density at radius 3 is 2.63 bits per heavy atom. The van der Waals surface area contributed by atoms with Gasteiger partial charge in [0.05, 0.1) is 32.3 Å². The monoisotopic (exact) mass is 436 g/mol. The third kappa shape index (κ3) is 2.98. The molecule has 6 nitrogen and oxygen atoms in total. The number of aryl methyl sites for hydroxylation is 1. The summed E-state index contributed by atoms with van der Waals surface area (Å²) in [6.45, 7) is 0. The SMILES string of the molecule is CN(C)c1[nH]c2ccc(-n3cnc4cc(-c5ccc(Cl)cc5)sc4c3=O)cc2[n+]1C. The number of anilines is 1. The summed E-state index contributed by atoms with van der Waals surface area (Å²) in [4.78, 5) is 24.2. The lowest BCUT2D eigenvalue weighted by atomic mass is 10.2. The molecule has 150 valence electrons. The van der Waals surface area contributed by atoms with Crippen LogP contribution in [0.25, 0.3) is 37.4 Å². The molecule has 1 N–H and O–H groups in total. The van der Waals surface area contributed by atoms with E-state index in [1.54, 1.807) is 10.9 Å². The molecule has 0 atom stereocenters. The molecule has 0 aliphatic rings. The van der Waals surface area contributed by atoms with Crippen LogP contribution >= 0.6 is 22.9 Å². The first kappa shape index (κ1) is 18.8. The van der Waals surface area contributed by atoms with E-state index in [4.69, 9.17) is 11.6 Å². The van der Waals surface area contributed by atoms with E-state index in [9.17, 15) is 4.79 Å². The average molecular weight is 437 g/mol. The molecule has 0 saturated carbocycles. The molecule has 8 heteroatoms. The first-order chi connectivity index (χ1) is 14.4. The lowest BCUT2D eigenvalue weighted by Gasteiger charge is -2.05. The van der Waals surface area contributed by atoms with Gasteiger partial charge in [0, 0.05) is 16.0 Å². The minimum Gasteiger partial charge on any atom is -0.270 e. The Bertz CT molecular complexity index is 1460. The summed E-state index contributed by atoms with van der Waals surface area (Å²) >= 11 is 7.44. The lowest BCUT2D eigenvalue weighted by molar-refractivity contribution is -0.631. The molecule has 0 amide bonds. The van der Waals surface area contributed by atoms with Gasteiger partial charge < -0.3 is 0 Å². The van der Waals surface area contributed by atoms with Crippen molar-refractivity contribution in [1.29, 1.82) is 0 Å². The minimum atomic E-state index is -0.0735. The zero-order chi connectivity index (χ0) is 21.0. The van der Waals surface area contributed by atoms with Gasteiger partial charge >= 0.3 is 5.95 Å². The van der Waals surface area contributed by atoms with Gasteiger partial charge in [-0.1, -0.05) is 23.7 Å². The summed E-state index contributed by atoms with van der Waals surface area (Å²) < 4.78 is 4.31. The van der Waals surface area contributed by atoms with Crippen LogP contribution in [0.4, 0.5) is 5.95 Å². The lowest BCUT2D eigenvalue weighted by Crippen LogP contribution is -2.34. The summed E-state index contributed by atoms with van der Waals surface area (Å²) in [6.07, 6.45) is 1.60. The molecule has 30 heavy (non-hydrogen) atoms. The van der Waals surface area contributed by atoms with E-state index < -0.39 is 0 Å². The van der Waals surface area contributed by atoms with Crippen LogP contribution in [0, 0.1) is 0 Å². The molecule has 0 radical (unpaired) electrons. The number of thiophene rings is 1. The number of imidazole rings is 1. The van der Waals surface area contributed by atoms with Crippen LogP contribution in [0.2, 0.25) is 5.02 Å². The number of aromatic nitrogens is 4. The largest absolute Gasteiger partial charge is 0.357 e. The maximum Gasteiger partial charge on any atom is 0.357 e. The van der Waals surface area contributed by atoms with Crippen LogP contribution in [0.3, 0.4) is 0 Å². The molecule has 5 aromatic rings. The van der Waals surface area contributed by atoms with Crippen molar-refractivity contribution in [3.05, 3.63) is 70.2 Å². The van der Waals surface area contributed by atoms with E-state index in [0.29, 0.717) is 15.2 Å².